The Labute approximate surface area is 179 Å². The maximum absolute atomic E-state index is 12.4. The molecule has 0 unspecified atom stereocenters. The number of thiophene rings is 1. The molecule has 7 heteroatoms. The predicted molar refractivity (Wildman–Crippen MR) is 118 cm³/mol. The molecule has 1 aromatic carbocycles. The molecule has 1 N–H and O–H groups in total. The molecule has 0 saturated carbocycles. The zero-order valence-corrected chi connectivity index (χ0v) is 18.0. The van der Waals surface area contributed by atoms with Crippen molar-refractivity contribution in [3.63, 3.8) is 0 Å². The molecule has 1 aliphatic heterocycles. The number of anilines is 1. The molecule has 29 heavy (non-hydrogen) atoms. The van der Waals surface area contributed by atoms with Gasteiger partial charge in [-0.05, 0) is 55.5 Å². The van der Waals surface area contributed by atoms with E-state index in [1.807, 2.05) is 29.6 Å². The zero-order chi connectivity index (χ0) is 20.1. The lowest BCUT2D eigenvalue weighted by molar-refractivity contribution is -0.125. The van der Waals surface area contributed by atoms with Crippen LogP contribution >= 0.6 is 23.1 Å². The number of aromatic nitrogens is 2. The van der Waals surface area contributed by atoms with Crippen LogP contribution in [0, 0.1) is 12.8 Å². The van der Waals surface area contributed by atoms with Gasteiger partial charge in [-0.2, -0.15) is 0 Å². The Morgan fingerprint density at radius 1 is 1.17 bits per heavy atom. The Balaban J connectivity index is 1.27. The van der Waals surface area contributed by atoms with Gasteiger partial charge in [0.25, 0.3) is 0 Å². The molecule has 1 saturated heterocycles. The number of aryl methyl sites for hydroxylation is 1. The molecular formula is C22H24N4OS2. The summed E-state index contributed by atoms with van der Waals surface area (Å²) in [5.41, 5.74) is 1.24. The van der Waals surface area contributed by atoms with Crippen LogP contribution < -0.4 is 10.2 Å². The van der Waals surface area contributed by atoms with E-state index in [1.165, 1.54) is 15.3 Å². The second-order valence-corrected chi connectivity index (χ2v) is 9.33. The van der Waals surface area contributed by atoms with Gasteiger partial charge in [-0.1, -0.05) is 35.5 Å². The lowest BCUT2D eigenvalue weighted by atomic mass is 9.96. The second-order valence-electron chi connectivity index (χ2n) is 7.21. The van der Waals surface area contributed by atoms with Crippen LogP contribution in [0.25, 0.3) is 0 Å². The van der Waals surface area contributed by atoms with Crippen molar-refractivity contribution in [1.29, 1.82) is 0 Å². The SMILES string of the molecule is Cc1cccc(Sc2ccc(N3CCC(C(=O)NCc4cccs4)CC3)nn2)c1. The number of nitrogens with zero attached hydrogens (tertiary/aromatic N) is 3. The van der Waals surface area contributed by atoms with Crippen molar-refractivity contribution in [2.24, 2.45) is 5.92 Å². The van der Waals surface area contributed by atoms with Crippen LogP contribution in [0.1, 0.15) is 23.3 Å². The maximum Gasteiger partial charge on any atom is 0.223 e. The monoisotopic (exact) mass is 424 g/mol. The summed E-state index contributed by atoms with van der Waals surface area (Å²) in [6.07, 6.45) is 1.69. The first-order valence-corrected chi connectivity index (χ1v) is 11.5. The van der Waals surface area contributed by atoms with Gasteiger partial charge in [0.15, 0.2) is 5.82 Å². The van der Waals surface area contributed by atoms with E-state index in [1.54, 1.807) is 23.1 Å². The van der Waals surface area contributed by atoms with Gasteiger partial charge in [-0.3, -0.25) is 4.79 Å². The third kappa shape index (κ3) is 5.36. The normalized spacial score (nSPS) is 14.7. The second kappa shape index (κ2) is 9.41. The van der Waals surface area contributed by atoms with E-state index in [0.29, 0.717) is 6.54 Å². The average Bonchev–Trinajstić information content (AvgIpc) is 3.26. The minimum absolute atomic E-state index is 0.0790. The van der Waals surface area contributed by atoms with Crippen molar-refractivity contribution in [3.8, 4) is 0 Å². The quantitative estimate of drug-likeness (QED) is 0.630. The predicted octanol–water partition coefficient (Wildman–Crippen LogP) is 4.53. The Morgan fingerprint density at radius 2 is 2.03 bits per heavy atom. The van der Waals surface area contributed by atoms with Crippen LogP contribution in [0.2, 0.25) is 0 Å². The van der Waals surface area contributed by atoms with Gasteiger partial charge < -0.3 is 10.2 Å². The van der Waals surface area contributed by atoms with Crippen molar-refractivity contribution < 1.29 is 4.79 Å². The fraction of sp³-hybridized carbons (Fsp3) is 0.318. The minimum atomic E-state index is 0.0790. The summed E-state index contributed by atoms with van der Waals surface area (Å²) >= 11 is 3.29. The molecule has 5 nitrogen and oxygen atoms in total. The van der Waals surface area contributed by atoms with Crippen LogP contribution in [0.4, 0.5) is 5.82 Å². The fourth-order valence-electron chi connectivity index (χ4n) is 3.44. The smallest absolute Gasteiger partial charge is 0.223 e. The van der Waals surface area contributed by atoms with Crippen LogP contribution in [-0.4, -0.2) is 29.2 Å². The molecule has 3 heterocycles. The number of piperidine rings is 1. The van der Waals surface area contributed by atoms with Crippen LogP contribution in [-0.2, 0) is 11.3 Å². The minimum Gasteiger partial charge on any atom is -0.355 e. The topological polar surface area (TPSA) is 58.1 Å². The number of hydrogen-bond acceptors (Lipinski definition) is 6. The number of carbonyl (C=O) groups is 1. The molecule has 0 radical (unpaired) electrons. The van der Waals surface area contributed by atoms with Crippen LogP contribution in [0.15, 0.2) is 63.8 Å². The molecule has 4 rings (SSSR count). The molecule has 0 spiro atoms. The Bertz CT molecular complexity index is 936. The molecule has 3 aromatic rings. The van der Waals surface area contributed by atoms with E-state index in [9.17, 15) is 4.79 Å². The summed E-state index contributed by atoms with van der Waals surface area (Å²) in [7, 11) is 0. The number of nitrogens with one attached hydrogen (secondary N) is 1. The summed E-state index contributed by atoms with van der Waals surface area (Å²) in [6, 6.07) is 16.5. The van der Waals surface area contributed by atoms with Crippen molar-refractivity contribution in [2.75, 3.05) is 18.0 Å². The van der Waals surface area contributed by atoms with E-state index in [2.05, 4.69) is 51.6 Å². The van der Waals surface area contributed by atoms with Crippen LogP contribution in [0.3, 0.4) is 0 Å². The third-order valence-corrected chi connectivity index (χ3v) is 6.84. The molecule has 0 aliphatic carbocycles. The molecule has 0 atom stereocenters. The fourth-order valence-corrected chi connectivity index (χ4v) is 4.93. The highest BCUT2D eigenvalue weighted by Gasteiger charge is 2.25. The van der Waals surface area contributed by atoms with Gasteiger partial charge >= 0.3 is 0 Å². The van der Waals surface area contributed by atoms with E-state index < -0.39 is 0 Å². The molecule has 1 amide bonds. The van der Waals surface area contributed by atoms with Crippen molar-refractivity contribution >= 4 is 34.8 Å². The first-order chi connectivity index (χ1) is 14.2. The highest BCUT2D eigenvalue weighted by atomic mass is 32.2. The first kappa shape index (κ1) is 19.9. The van der Waals surface area contributed by atoms with Gasteiger partial charge in [-0.15, -0.1) is 21.5 Å². The van der Waals surface area contributed by atoms with Crippen molar-refractivity contribution in [2.45, 2.75) is 36.2 Å². The molecular weight excluding hydrogens is 400 g/mol. The van der Waals surface area contributed by atoms with Crippen LogP contribution in [0.5, 0.6) is 0 Å². The van der Waals surface area contributed by atoms with E-state index in [4.69, 9.17) is 0 Å². The number of benzene rings is 1. The molecule has 1 aliphatic rings. The summed E-state index contributed by atoms with van der Waals surface area (Å²) in [5.74, 6) is 1.13. The van der Waals surface area contributed by atoms with Crippen molar-refractivity contribution in [3.05, 3.63) is 64.4 Å². The number of carbonyl (C=O) groups excluding carboxylic acids is 1. The Hall–Kier alpha value is -2.38. The number of amides is 1. The summed E-state index contributed by atoms with van der Waals surface area (Å²) in [6.45, 7) is 4.37. The van der Waals surface area contributed by atoms with Gasteiger partial charge in [0.2, 0.25) is 5.91 Å². The highest BCUT2D eigenvalue weighted by molar-refractivity contribution is 7.99. The first-order valence-electron chi connectivity index (χ1n) is 9.81. The molecule has 2 aromatic heterocycles. The maximum atomic E-state index is 12.4. The lowest BCUT2D eigenvalue weighted by Gasteiger charge is -2.31. The largest absolute Gasteiger partial charge is 0.355 e. The molecule has 1 fully saturated rings. The van der Waals surface area contributed by atoms with E-state index >= 15 is 0 Å². The standard InChI is InChI=1S/C22H24N4OS2/c1-16-4-2-5-18(14-16)29-21-8-7-20(24-25-21)26-11-9-17(10-12-26)22(27)23-15-19-6-3-13-28-19/h2-8,13-14,17H,9-12,15H2,1H3,(H,23,27). The summed E-state index contributed by atoms with van der Waals surface area (Å²) in [4.78, 5) is 17.0. The average molecular weight is 425 g/mol. The Kier molecular flexibility index (Phi) is 6.46. The van der Waals surface area contributed by atoms with Gasteiger partial charge in [0.1, 0.15) is 5.03 Å². The van der Waals surface area contributed by atoms with E-state index in [0.717, 1.165) is 36.8 Å². The van der Waals surface area contributed by atoms with Gasteiger partial charge in [0, 0.05) is 28.8 Å². The zero-order valence-electron chi connectivity index (χ0n) is 16.4. The van der Waals surface area contributed by atoms with Gasteiger partial charge in [-0.25, -0.2) is 0 Å². The highest BCUT2D eigenvalue weighted by Crippen LogP contribution is 2.28. The lowest BCUT2D eigenvalue weighted by Crippen LogP contribution is -2.40. The number of rotatable bonds is 6. The van der Waals surface area contributed by atoms with E-state index in [-0.39, 0.29) is 11.8 Å². The van der Waals surface area contributed by atoms with Gasteiger partial charge in [0.05, 0.1) is 6.54 Å². The third-order valence-electron chi connectivity index (χ3n) is 5.04. The Morgan fingerprint density at radius 3 is 2.72 bits per heavy atom. The molecule has 150 valence electrons. The summed E-state index contributed by atoms with van der Waals surface area (Å²) in [5, 5.41) is 14.8. The molecule has 0 bridgehead atoms. The number of hydrogen-bond donors (Lipinski definition) is 1. The van der Waals surface area contributed by atoms with Crippen molar-refractivity contribution in [1.82, 2.24) is 15.5 Å². The summed E-state index contributed by atoms with van der Waals surface area (Å²) < 4.78 is 0.